The molecule has 0 aliphatic heterocycles. The summed E-state index contributed by atoms with van der Waals surface area (Å²) in [6.07, 6.45) is 17.6. The number of unbranched alkanes of at least 4 members (excludes halogenated alkanes) is 13. The molecule has 0 amide bonds. The zero-order chi connectivity index (χ0) is 17.9. The first-order valence-corrected chi connectivity index (χ1v) is 11.7. The van der Waals surface area contributed by atoms with E-state index in [0.29, 0.717) is 0 Å². The lowest BCUT2D eigenvalue weighted by Gasteiger charge is -2.22. The quantitative estimate of drug-likeness (QED) is 0.197. The smallest absolute Gasteiger partial charge is 0.267 e. The lowest BCUT2D eigenvalue weighted by atomic mass is 10.1. The fourth-order valence-corrected chi connectivity index (χ4v) is 3.47. The summed E-state index contributed by atoms with van der Waals surface area (Å²) in [5, 5.41) is 0. The minimum absolute atomic E-state index is 0.253. The van der Waals surface area contributed by atoms with E-state index < -0.39 is 7.82 Å². The molecule has 0 fully saturated rings. The van der Waals surface area contributed by atoms with Gasteiger partial charge in [-0.05, 0) is 12.8 Å². The van der Waals surface area contributed by atoms with Crippen molar-refractivity contribution in [3.05, 3.63) is 0 Å². The van der Waals surface area contributed by atoms with Crippen molar-refractivity contribution in [1.29, 1.82) is 0 Å². The molecule has 0 spiro atoms. The number of hydrogen-bond acceptors (Lipinski definition) is 4. The molecule has 0 N–H and O–H groups in total. The molecular weight excluding hydrogens is 323 g/mol. The number of phosphoric ester groups is 1. The summed E-state index contributed by atoms with van der Waals surface area (Å²) >= 11 is 0. The van der Waals surface area contributed by atoms with E-state index >= 15 is 0 Å². The lowest BCUT2D eigenvalue weighted by Crippen LogP contribution is -2.10. The molecule has 0 saturated heterocycles. The fourth-order valence-electron chi connectivity index (χ4n) is 2.69. The van der Waals surface area contributed by atoms with Crippen molar-refractivity contribution in [3.63, 3.8) is 0 Å². The lowest BCUT2D eigenvalue weighted by molar-refractivity contribution is -0.225. The van der Waals surface area contributed by atoms with Gasteiger partial charge in [0, 0.05) is 0 Å². The second kappa shape index (κ2) is 17.9. The highest BCUT2D eigenvalue weighted by atomic mass is 31.2. The summed E-state index contributed by atoms with van der Waals surface area (Å²) in [6.45, 7) is 4.90. The Morgan fingerprint density at radius 1 is 0.583 bits per heavy atom. The molecule has 0 rings (SSSR count). The van der Waals surface area contributed by atoms with Gasteiger partial charge in [-0.25, -0.2) is 0 Å². The van der Waals surface area contributed by atoms with Gasteiger partial charge in [-0.2, -0.15) is 0 Å². The van der Waals surface area contributed by atoms with Gasteiger partial charge in [-0.15, -0.1) is 0 Å². The van der Waals surface area contributed by atoms with Crippen molar-refractivity contribution in [2.75, 3.05) is 13.2 Å². The molecule has 0 aliphatic rings. The van der Waals surface area contributed by atoms with Crippen molar-refractivity contribution < 1.29 is 18.5 Å². The Bertz CT molecular complexity index is 297. The molecule has 0 aromatic heterocycles. The van der Waals surface area contributed by atoms with Crippen LogP contribution < -0.4 is 4.89 Å². The first-order valence-electron chi connectivity index (χ1n) is 10.2. The highest BCUT2D eigenvalue weighted by molar-refractivity contribution is 7.45. The maximum atomic E-state index is 11.6. The van der Waals surface area contributed by atoms with E-state index in [1.165, 1.54) is 64.2 Å². The zero-order valence-electron chi connectivity index (χ0n) is 16.1. The van der Waals surface area contributed by atoms with E-state index in [0.717, 1.165) is 32.1 Å². The van der Waals surface area contributed by atoms with Gasteiger partial charge in [-0.3, -0.25) is 4.57 Å². The first-order chi connectivity index (χ1) is 11.6. The number of hydrogen-bond donors (Lipinski definition) is 0. The van der Waals surface area contributed by atoms with E-state index in [1.54, 1.807) is 0 Å². The zero-order valence-corrected chi connectivity index (χ0v) is 17.0. The molecule has 4 nitrogen and oxygen atoms in total. The molecule has 24 heavy (non-hydrogen) atoms. The van der Waals surface area contributed by atoms with Crippen LogP contribution in [0.25, 0.3) is 0 Å². The van der Waals surface area contributed by atoms with Crippen molar-refractivity contribution in [1.82, 2.24) is 0 Å². The maximum Gasteiger partial charge on any atom is 0.267 e. The minimum Gasteiger partial charge on any atom is -0.756 e. The molecule has 0 aliphatic carbocycles. The Morgan fingerprint density at radius 2 is 0.875 bits per heavy atom. The van der Waals surface area contributed by atoms with Gasteiger partial charge in [0.05, 0.1) is 13.2 Å². The Morgan fingerprint density at radius 3 is 1.21 bits per heavy atom. The van der Waals surface area contributed by atoms with Crippen molar-refractivity contribution >= 4 is 7.82 Å². The van der Waals surface area contributed by atoms with Gasteiger partial charge in [0.1, 0.15) is 0 Å². The van der Waals surface area contributed by atoms with E-state index in [-0.39, 0.29) is 13.2 Å². The molecule has 0 bridgehead atoms. The molecule has 0 aromatic rings. The van der Waals surface area contributed by atoms with Crippen LogP contribution in [0.5, 0.6) is 0 Å². The molecule has 0 aromatic carbocycles. The Kier molecular flexibility index (Phi) is 18.0. The van der Waals surface area contributed by atoms with Crippen LogP contribution in [0.15, 0.2) is 0 Å². The number of rotatable bonds is 19. The summed E-state index contributed by atoms with van der Waals surface area (Å²) in [7, 11) is -4.08. The molecule has 146 valence electrons. The minimum atomic E-state index is -4.08. The van der Waals surface area contributed by atoms with Crippen LogP contribution in [0.4, 0.5) is 0 Å². The van der Waals surface area contributed by atoms with Crippen LogP contribution in [0.1, 0.15) is 110 Å². The summed E-state index contributed by atoms with van der Waals surface area (Å²) in [6, 6.07) is 0. The number of phosphoric acid groups is 1. The van der Waals surface area contributed by atoms with Crippen LogP contribution in [0.2, 0.25) is 0 Å². The highest BCUT2D eigenvalue weighted by Crippen LogP contribution is 2.38. The van der Waals surface area contributed by atoms with E-state index in [2.05, 4.69) is 13.8 Å². The van der Waals surface area contributed by atoms with Crippen molar-refractivity contribution in [3.8, 4) is 0 Å². The van der Waals surface area contributed by atoms with Crippen LogP contribution in [-0.4, -0.2) is 13.2 Å². The van der Waals surface area contributed by atoms with Gasteiger partial charge >= 0.3 is 0 Å². The Hall–Kier alpha value is 0.110. The van der Waals surface area contributed by atoms with Crippen LogP contribution >= 0.6 is 7.82 Å². The predicted octanol–water partition coefficient (Wildman–Crippen LogP) is 6.38. The second-order valence-electron chi connectivity index (χ2n) is 6.71. The van der Waals surface area contributed by atoms with Gasteiger partial charge in [0.25, 0.3) is 7.82 Å². The van der Waals surface area contributed by atoms with E-state index in [4.69, 9.17) is 9.05 Å². The van der Waals surface area contributed by atoms with Gasteiger partial charge < -0.3 is 13.9 Å². The SMILES string of the molecule is CCCCCCCCCCCCOP(=O)([O-])OCCCCCCC. The Balaban J connectivity index is 3.31. The van der Waals surface area contributed by atoms with Crippen molar-refractivity contribution in [2.45, 2.75) is 110 Å². The molecule has 0 heterocycles. The van der Waals surface area contributed by atoms with Crippen molar-refractivity contribution in [2.24, 2.45) is 0 Å². The highest BCUT2D eigenvalue weighted by Gasteiger charge is 2.08. The molecule has 1 atom stereocenters. The molecule has 5 heteroatoms. The second-order valence-corrected chi connectivity index (χ2v) is 8.12. The third-order valence-electron chi connectivity index (χ3n) is 4.24. The largest absolute Gasteiger partial charge is 0.756 e. The van der Waals surface area contributed by atoms with Gasteiger partial charge in [0.2, 0.25) is 0 Å². The molecule has 0 saturated carbocycles. The third kappa shape index (κ3) is 18.4. The topological polar surface area (TPSA) is 58.6 Å². The average Bonchev–Trinajstić information content (AvgIpc) is 2.56. The first kappa shape index (κ1) is 24.1. The summed E-state index contributed by atoms with van der Waals surface area (Å²) in [4.78, 5) is 11.6. The van der Waals surface area contributed by atoms with Gasteiger partial charge in [-0.1, -0.05) is 97.3 Å². The van der Waals surface area contributed by atoms with Crippen LogP contribution in [-0.2, 0) is 13.6 Å². The van der Waals surface area contributed by atoms with Crippen LogP contribution in [0.3, 0.4) is 0 Å². The maximum absolute atomic E-state index is 11.6. The van der Waals surface area contributed by atoms with Crippen LogP contribution in [0, 0.1) is 0 Å². The Labute approximate surface area is 150 Å². The molecular formula is C19H40O4P-. The van der Waals surface area contributed by atoms with E-state index in [1.807, 2.05) is 0 Å². The monoisotopic (exact) mass is 363 g/mol. The third-order valence-corrected chi connectivity index (χ3v) is 5.24. The predicted molar refractivity (Wildman–Crippen MR) is 100 cm³/mol. The summed E-state index contributed by atoms with van der Waals surface area (Å²) in [5.41, 5.74) is 0. The molecule has 1 unspecified atom stereocenters. The average molecular weight is 363 g/mol. The summed E-state index contributed by atoms with van der Waals surface area (Å²) in [5.74, 6) is 0. The summed E-state index contributed by atoms with van der Waals surface area (Å²) < 4.78 is 21.3. The molecule has 0 radical (unpaired) electrons. The van der Waals surface area contributed by atoms with Gasteiger partial charge in [0.15, 0.2) is 0 Å². The normalized spacial score (nSPS) is 14.0. The fraction of sp³-hybridized carbons (Fsp3) is 1.00. The van der Waals surface area contributed by atoms with E-state index in [9.17, 15) is 9.46 Å². The standard InChI is InChI=1S/C19H41O4P/c1-3-5-7-9-10-11-12-13-15-17-19-23-24(20,21)22-18-16-14-8-6-4-2/h3-19H2,1-2H3,(H,20,21)/p-1.